The van der Waals surface area contributed by atoms with Crippen molar-refractivity contribution in [3.63, 3.8) is 0 Å². The average Bonchev–Trinajstić information content (AvgIpc) is 2.88. The normalized spacial score (nSPS) is 9.64. The molecule has 0 unspecified atom stereocenters. The SMILES string of the molecule is Cl.Cl.O=C(O)c1nccc2sc(NCc3cncnc3)cc12. The zero-order valence-corrected chi connectivity index (χ0v) is 13.5. The highest BCUT2D eigenvalue weighted by Gasteiger charge is 2.12. The summed E-state index contributed by atoms with van der Waals surface area (Å²) in [5.41, 5.74) is 1.04. The minimum atomic E-state index is -1.02. The third-order valence-electron chi connectivity index (χ3n) is 2.73. The molecule has 0 radical (unpaired) electrons. The molecular formula is C13H12Cl2N4O2S. The van der Waals surface area contributed by atoms with Gasteiger partial charge < -0.3 is 10.4 Å². The molecule has 0 spiro atoms. The van der Waals surface area contributed by atoms with E-state index in [-0.39, 0.29) is 30.5 Å². The van der Waals surface area contributed by atoms with Crippen molar-refractivity contribution in [1.29, 1.82) is 0 Å². The summed E-state index contributed by atoms with van der Waals surface area (Å²) in [5.74, 6) is -1.02. The van der Waals surface area contributed by atoms with Crippen LogP contribution in [-0.2, 0) is 6.54 Å². The molecule has 0 amide bonds. The molecule has 9 heteroatoms. The van der Waals surface area contributed by atoms with Crippen molar-refractivity contribution in [2.75, 3.05) is 5.32 Å². The van der Waals surface area contributed by atoms with Gasteiger partial charge in [0.1, 0.15) is 6.33 Å². The van der Waals surface area contributed by atoms with Crippen molar-refractivity contribution in [2.24, 2.45) is 0 Å². The molecule has 0 aromatic carbocycles. The van der Waals surface area contributed by atoms with Crippen molar-refractivity contribution in [2.45, 2.75) is 6.54 Å². The predicted octanol–water partition coefficient (Wildman–Crippen LogP) is 3.24. The summed E-state index contributed by atoms with van der Waals surface area (Å²) in [6, 6.07) is 3.61. The van der Waals surface area contributed by atoms with Gasteiger partial charge in [-0.05, 0) is 12.1 Å². The lowest BCUT2D eigenvalue weighted by atomic mass is 10.2. The maximum Gasteiger partial charge on any atom is 0.355 e. The number of hydrogen-bond acceptors (Lipinski definition) is 6. The smallest absolute Gasteiger partial charge is 0.355 e. The van der Waals surface area contributed by atoms with Crippen LogP contribution in [0.25, 0.3) is 10.1 Å². The predicted molar refractivity (Wildman–Crippen MR) is 90.4 cm³/mol. The van der Waals surface area contributed by atoms with Crippen molar-refractivity contribution in [3.8, 4) is 0 Å². The molecule has 0 atom stereocenters. The van der Waals surface area contributed by atoms with Gasteiger partial charge in [0.15, 0.2) is 5.69 Å². The lowest BCUT2D eigenvalue weighted by Gasteiger charge is -2.01. The fourth-order valence-corrected chi connectivity index (χ4v) is 2.78. The first kappa shape index (κ1) is 18.1. The molecule has 3 aromatic heterocycles. The fraction of sp³-hybridized carbons (Fsp3) is 0.0769. The molecule has 22 heavy (non-hydrogen) atoms. The number of hydrogen-bond donors (Lipinski definition) is 2. The number of aromatic carboxylic acids is 1. The first-order valence-corrected chi connectivity index (χ1v) is 6.65. The van der Waals surface area contributed by atoms with Gasteiger partial charge in [-0.25, -0.2) is 19.7 Å². The zero-order valence-electron chi connectivity index (χ0n) is 11.1. The second-order valence-corrected chi connectivity index (χ2v) is 5.17. The number of halogens is 2. The number of rotatable bonds is 4. The third-order valence-corrected chi connectivity index (χ3v) is 3.79. The Balaban J connectivity index is 0.00000121. The minimum absolute atomic E-state index is 0. The van der Waals surface area contributed by atoms with Gasteiger partial charge >= 0.3 is 5.97 Å². The number of nitrogens with zero attached hydrogens (tertiary/aromatic N) is 3. The fourth-order valence-electron chi connectivity index (χ4n) is 1.83. The van der Waals surface area contributed by atoms with Crippen LogP contribution in [-0.4, -0.2) is 26.0 Å². The molecule has 3 heterocycles. The van der Waals surface area contributed by atoms with Crippen LogP contribution < -0.4 is 5.32 Å². The van der Waals surface area contributed by atoms with E-state index in [1.165, 1.54) is 23.9 Å². The number of pyridine rings is 1. The van der Waals surface area contributed by atoms with Crippen LogP contribution in [0.3, 0.4) is 0 Å². The second-order valence-electron chi connectivity index (χ2n) is 4.09. The molecule has 0 aliphatic carbocycles. The van der Waals surface area contributed by atoms with E-state index in [0.717, 1.165) is 15.3 Å². The van der Waals surface area contributed by atoms with E-state index < -0.39 is 5.97 Å². The maximum atomic E-state index is 11.1. The van der Waals surface area contributed by atoms with E-state index in [4.69, 9.17) is 5.11 Å². The Morgan fingerprint density at radius 2 is 2.00 bits per heavy atom. The molecule has 0 bridgehead atoms. The number of carboxylic acid groups (broad SMARTS) is 1. The lowest BCUT2D eigenvalue weighted by Crippen LogP contribution is -2.00. The highest BCUT2D eigenvalue weighted by atomic mass is 35.5. The Labute approximate surface area is 142 Å². The summed E-state index contributed by atoms with van der Waals surface area (Å²) in [5, 5.41) is 13.9. The molecule has 3 aromatic rings. The molecule has 0 aliphatic rings. The number of anilines is 1. The largest absolute Gasteiger partial charge is 0.476 e. The summed E-state index contributed by atoms with van der Waals surface area (Å²) in [6.07, 6.45) is 6.46. The van der Waals surface area contributed by atoms with Gasteiger partial charge in [-0.15, -0.1) is 36.2 Å². The lowest BCUT2D eigenvalue weighted by molar-refractivity contribution is 0.0693. The first-order chi connectivity index (χ1) is 9.74. The summed E-state index contributed by atoms with van der Waals surface area (Å²) in [4.78, 5) is 22.9. The monoisotopic (exact) mass is 358 g/mol. The molecule has 6 nitrogen and oxygen atoms in total. The molecule has 0 aliphatic heterocycles. The molecular weight excluding hydrogens is 347 g/mol. The summed E-state index contributed by atoms with van der Waals surface area (Å²) < 4.78 is 0.893. The molecule has 3 rings (SSSR count). The highest BCUT2D eigenvalue weighted by molar-refractivity contribution is 7.22. The maximum absolute atomic E-state index is 11.1. The van der Waals surface area contributed by atoms with Crippen LogP contribution in [0.2, 0.25) is 0 Å². The van der Waals surface area contributed by atoms with E-state index in [1.54, 1.807) is 18.5 Å². The number of nitrogens with one attached hydrogen (secondary N) is 1. The number of carboxylic acids is 1. The van der Waals surface area contributed by atoms with Gasteiger partial charge in [-0.2, -0.15) is 0 Å². The molecule has 116 valence electrons. The molecule has 0 fully saturated rings. The second kappa shape index (κ2) is 7.88. The van der Waals surface area contributed by atoms with E-state index in [9.17, 15) is 4.79 Å². The quantitative estimate of drug-likeness (QED) is 0.744. The van der Waals surface area contributed by atoms with E-state index in [0.29, 0.717) is 11.9 Å². The van der Waals surface area contributed by atoms with Crippen LogP contribution >= 0.6 is 36.2 Å². The number of fused-ring (bicyclic) bond motifs is 1. The van der Waals surface area contributed by atoms with Gasteiger partial charge in [0.2, 0.25) is 0 Å². The molecule has 2 N–H and O–H groups in total. The number of carbonyl (C=O) groups is 1. The summed E-state index contributed by atoms with van der Waals surface area (Å²) >= 11 is 1.49. The standard InChI is InChI=1S/C13H10N4O2S.2ClH/c18-13(19)12-9-3-11(20-10(9)1-2-16-12)17-6-8-4-14-7-15-5-8;;/h1-5,7,17H,6H2,(H,18,19);2*1H. The Morgan fingerprint density at radius 1 is 1.27 bits per heavy atom. The van der Waals surface area contributed by atoms with Gasteiger partial charge in [-0.3, -0.25) is 0 Å². The minimum Gasteiger partial charge on any atom is -0.476 e. The van der Waals surface area contributed by atoms with Crippen molar-refractivity contribution < 1.29 is 9.90 Å². The van der Waals surface area contributed by atoms with Crippen LogP contribution in [0, 0.1) is 0 Å². The first-order valence-electron chi connectivity index (χ1n) is 5.83. The number of thiophene rings is 1. The van der Waals surface area contributed by atoms with Gasteiger partial charge in [0.25, 0.3) is 0 Å². The highest BCUT2D eigenvalue weighted by Crippen LogP contribution is 2.31. The van der Waals surface area contributed by atoms with Gasteiger partial charge in [-0.1, -0.05) is 0 Å². The number of aromatic nitrogens is 3. The summed E-state index contributed by atoms with van der Waals surface area (Å²) in [7, 11) is 0. The molecule has 0 saturated heterocycles. The zero-order chi connectivity index (χ0) is 13.9. The average molecular weight is 359 g/mol. The van der Waals surface area contributed by atoms with Crippen molar-refractivity contribution in [1.82, 2.24) is 15.0 Å². The van der Waals surface area contributed by atoms with E-state index in [2.05, 4.69) is 20.3 Å². The Bertz CT molecular complexity index is 767. The van der Waals surface area contributed by atoms with E-state index >= 15 is 0 Å². The van der Waals surface area contributed by atoms with Crippen LogP contribution in [0.15, 0.2) is 37.1 Å². The third kappa shape index (κ3) is 3.82. The Kier molecular flexibility index (Phi) is 6.48. The van der Waals surface area contributed by atoms with Gasteiger partial charge in [0, 0.05) is 40.8 Å². The van der Waals surface area contributed by atoms with Crippen molar-refractivity contribution in [3.05, 3.63) is 48.3 Å². The topological polar surface area (TPSA) is 88.0 Å². The van der Waals surface area contributed by atoms with E-state index in [1.807, 2.05) is 6.07 Å². The van der Waals surface area contributed by atoms with Crippen molar-refractivity contribution >= 4 is 57.2 Å². The van der Waals surface area contributed by atoms with Gasteiger partial charge in [0.05, 0.1) is 5.00 Å². The summed E-state index contributed by atoms with van der Waals surface area (Å²) in [6.45, 7) is 0.587. The Morgan fingerprint density at radius 3 is 2.68 bits per heavy atom. The van der Waals surface area contributed by atoms with Crippen LogP contribution in [0.4, 0.5) is 5.00 Å². The molecule has 0 saturated carbocycles. The van der Waals surface area contributed by atoms with Crippen LogP contribution in [0.1, 0.15) is 16.1 Å². The Hall–Kier alpha value is -1.96. The van der Waals surface area contributed by atoms with Crippen LogP contribution in [0.5, 0.6) is 0 Å².